The minimum Gasteiger partial charge on any atom is -0.337 e. The second kappa shape index (κ2) is 10.4. The van der Waals surface area contributed by atoms with E-state index in [-0.39, 0.29) is 59.6 Å². The fraction of sp³-hybridized carbons (Fsp3) is 0.600. The number of aromatic nitrogens is 3. The summed E-state index contributed by atoms with van der Waals surface area (Å²) in [5, 5.41) is 0.175. The Hall–Kier alpha value is -1.90. The molecule has 1 aliphatic rings. The van der Waals surface area contributed by atoms with Gasteiger partial charge >= 0.3 is 5.69 Å². The molecule has 3 heterocycles. The zero-order valence-electron chi connectivity index (χ0n) is 17.8. The van der Waals surface area contributed by atoms with Crippen molar-refractivity contribution in [1.29, 1.82) is 0 Å². The minimum atomic E-state index is -0.576. The number of hydrogen-bond donors (Lipinski definition) is 2. The van der Waals surface area contributed by atoms with Crippen molar-refractivity contribution in [2.45, 2.75) is 59.0 Å². The molecule has 2 aromatic rings. The lowest BCUT2D eigenvalue weighted by Gasteiger charge is -2.31. The predicted molar refractivity (Wildman–Crippen MR) is 123 cm³/mol. The van der Waals surface area contributed by atoms with Crippen molar-refractivity contribution < 1.29 is 4.79 Å². The molecule has 1 atom stereocenters. The van der Waals surface area contributed by atoms with Gasteiger partial charge in [0.05, 0.1) is 10.9 Å². The number of rotatable bonds is 4. The van der Waals surface area contributed by atoms with Gasteiger partial charge in [-0.1, -0.05) is 27.7 Å². The van der Waals surface area contributed by atoms with Gasteiger partial charge in [-0.15, -0.1) is 24.8 Å². The van der Waals surface area contributed by atoms with E-state index in [9.17, 15) is 14.4 Å². The number of amides is 1. The third-order valence-corrected chi connectivity index (χ3v) is 5.08. The predicted octanol–water partition coefficient (Wildman–Crippen LogP) is 2.27. The van der Waals surface area contributed by atoms with Gasteiger partial charge in [0, 0.05) is 31.4 Å². The molecule has 8 nitrogen and oxygen atoms in total. The number of halogens is 2. The normalized spacial score (nSPS) is 16.5. The largest absolute Gasteiger partial charge is 0.337 e. The smallest absolute Gasteiger partial charge is 0.330 e. The first-order valence-electron chi connectivity index (χ1n) is 9.91. The van der Waals surface area contributed by atoms with Crippen molar-refractivity contribution in [3.8, 4) is 0 Å². The van der Waals surface area contributed by atoms with Crippen molar-refractivity contribution in [3.63, 3.8) is 0 Å². The number of H-pyrrole nitrogens is 1. The number of hydrogen-bond acceptors (Lipinski definition) is 5. The van der Waals surface area contributed by atoms with E-state index in [2.05, 4.69) is 9.97 Å². The van der Waals surface area contributed by atoms with Gasteiger partial charge in [0.2, 0.25) is 0 Å². The number of nitrogens with zero attached hydrogens (tertiary/aromatic N) is 3. The summed E-state index contributed by atoms with van der Waals surface area (Å²) in [6.45, 7) is 9.38. The summed E-state index contributed by atoms with van der Waals surface area (Å²) in [6, 6.07) is 1.63. The van der Waals surface area contributed by atoms with Gasteiger partial charge in [0.1, 0.15) is 0 Å². The first kappa shape index (κ1) is 26.1. The van der Waals surface area contributed by atoms with Crippen molar-refractivity contribution in [1.82, 2.24) is 19.4 Å². The number of nitrogens with one attached hydrogen (secondary N) is 1. The van der Waals surface area contributed by atoms with E-state index >= 15 is 0 Å². The van der Waals surface area contributed by atoms with Gasteiger partial charge in [0.25, 0.3) is 11.5 Å². The van der Waals surface area contributed by atoms with Crippen LogP contribution in [0.5, 0.6) is 0 Å². The number of pyridine rings is 1. The highest BCUT2D eigenvalue weighted by molar-refractivity contribution is 6.05. The molecule has 1 fully saturated rings. The van der Waals surface area contributed by atoms with E-state index in [1.165, 1.54) is 4.57 Å². The molecule has 0 bridgehead atoms. The maximum absolute atomic E-state index is 13.3. The Kier molecular flexibility index (Phi) is 9.07. The summed E-state index contributed by atoms with van der Waals surface area (Å²) >= 11 is 0. The average molecular weight is 460 g/mol. The summed E-state index contributed by atoms with van der Waals surface area (Å²) < 4.78 is 1.46. The van der Waals surface area contributed by atoms with Crippen molar-refractivity contribution in [2.24, 2.45) is 11.7 Å². The maximum Gasteiger partial charge on any atom is 0.330 e. The number of carbonyl (C=O) groups is 1. The number of likely N-dealkylation sites (tertiary alicyclic amines) is 1. The van der Waals surface area contributed by atoms with E-state index in [1.807, 2.05) is 27.7 Å². The Balaban J connectivity index is 0.00000225. The average Bonchev–Trinajstić information content (AvgIpc) is 2.63. The van der Waals surface area contributed by atoms with Crippen LogP contribution >= 0.6 is 24.8 Å². The lowest BCUT2D eigenvalue weighted by molar-refractivity contribution is 0.0710. The summed E-state index contributed by atoms with van der Waals surface area (Å²) in [5.41, 5.74) is 6.21. The lowest BCUT2D eigenvalue weighted by Crippen LogP contribution is -2.46. The molecule has 1 aliphatic heterocycles. The molecule has 1 amide bonds. The molecule has 1 saturated heterocycles. The lowest BCUT2D eigenvalue weighted by atomic mass is 10.0. The summed E-state index contributed by atoms with van der Waals surface area (Å²) in [7, 11) is 0. The van der Waals surface area contributed by atoms with E-state index in [1.54, 1.807) is 11.0 Å². The first-order valence-corrected chi connectivity index (χ1v) is 9.91. The highest BCUT2D eigenvalue weighted by atomic mass is 35.5. The van der Waals surface area contributed by atoms with Crippen molar-refractivity contribution in [2.75, 3.05) is 13.1 Å². The molecular formula is C20H31Cl2N5O3. The summed E-state index contributed by atoms with van der Waals surface area (Å²) in [5.74, 6) is -0.0123. The standard InChI is InChI=1S/C20H29N5O3.2ClH/c1-11(2)9-25-17-16(18(26)23-20(25)28)14(8-15(22-17)12(3)4)19(27)24-7-5-6-13(21)10-24;;/h8,11-13H,5-7,9-10,21H2,1-4H3,(H,23,26,28);2*1H. The van der Waals surface area contributed by atoms with Crippen LogP contribution in [0.15, 0.2) is 15.7 Å². The number of aromatic amines is 1. The molecule has 0 aromatic carbocycles. The zero-order valence-corrected chi connectivity index (χ0v) is 19.4. The third-order valence-electron chi connectivity index (χ3n) is 5.08. The van der Waals surface area contributed by atoms with Crippen molar-refractivity contribution >= 4 is 41.8 Å². The topological polar surface area (TPSA) is 114 Å². The van der Waals surface area contributed by atoms with Crippen LogP contribution in [0.25, 0.3) is 11.0 Å². The minimum absolute atomic E-state index is 0. The SMILES string of the molecule is CC(C)Cn1c(=O)[nH]c(=O)c2c(C(=O)N3CCCC(N)C3)cc(C(C)C)nc21.Cl.Cl. The quantitative estimate of drug-likeness (QED) is 0.727. The van der Waals surface area contributed by atoms with Crippen LogP contribution in [0.3, 0.4) is 0 Å². The van der Waals surface area contributed by atoms with E-state index in [0.29, 0.717) is 30.9 Å². The second-order valence-corrected chi connectivity index (χ2v) is 8.37. The fourth-order valence-electron chi connectivity index (χ4n) is 3.66. The molecule has 168 valence electrons. The molecule has 0 saturated carbocycles. The number of carbonyl (C=O) groups excluding carboxylic acids is 1. The first-order chi connectivity index (χ1) is 13.2. The second-order valence-electron chi connectivity index (χ2n) is 8.37. The third kappa shape index (κ3) is 5.22. The van der Waals surface area contributed by atoms with Crippen LogP contribution in [-0.4, -0.2) is 44.5 Å². The van der Waals surface area contributed by atoms with Gasteiger partial charge in [-0.25, -0.2) is 9.78 Å². The Morgan fingerprint density at radius 2 is 1.93 bits per heavy atom. The van der Waals surface area contributed by atoms with Crippen LogP contribution in [0.1, 0.15) is 62.5 Å². The Morgan fingerprint density at radius 1 is 1.27 bits per heavy atom. The zero-order chi connectivity index (χ0) is 20.6. The van der Waals surface area contributed by atoms with E-state index in [4.69, 9.17) is 5.73 Å². The van der Waals surface area contributed by atoms with Gasteiger partial charge in [-0.05, 0) is 30.7 Å². The molecule has 1 unspecified atom stereocenters. The molecular weight excluding hydrogens is 429 g/mol. The van der Waals surface area contributed by atoms with E-state index in [0.717, 1.165) is 12.8 Å². The van der Waals surface area contributed by atoms with Gasteiger partial charge in [-0.2, -0.15) is 0 Å². The molecule has 0 aliphatic carbocycles. The van der Waals surface area contributed by atoms with Gasteiger partial charge < -0.3 is 10.6 Å². The Bertz CT molecular complexity index is 1020. The Labute approximate surface area is 188 Å². The molecule has 30 heavy (non-hydrogen) atoms. The Morgan fingerprint density at radius 3 is 2.50 bits per heavy atom. The number of fused-ring (bicyclic) bond motifs is 1. The maximum atomic E-state index is 13.3. The van der Waals surface area contributed by atoms with E-state index < -0.39 is 11.2 Å². The molecule has 10 heteroatoms. The number of nitrogens with two attached hydrogens (primary N) is 1. The van der Waals surface area contributed by atoms with Gasteiger partial charge in [0.15, 0.2) is 5.65 Å². The van der Waals surface area contributed by atoms with Crippen LogP contribution in [0.4, 0.5) is 0 Å². The van der Waals surface area contributed by atoms with Crippen LogP contribution in [0.2, 0.25) is 0 Å². The molecule has 2 aromatic heterocycles. The molecule has 0 radical (unpaired) electrons. The number of piperidine rings is 1. The van der Waals surface area contributed by atoms with Crippen LogP contribution in [0, 0.1) is 5.92 Å². The summed E-state index contributed by atoms with van der Waals surface area (Å²) in [4.78, 5) is 47.1. The van der Waals surface area contributed by atoms with Gasteiger partial charge in [-0.3, -0.25) is 19.1 Å². The fourth-order valence-corrected chi connectivity index (χ4v) is 3.66. The molecule has 0 spiro atoms. The molecule has 3 N–H and O–H groups in total. The highest BCUT2D eigenvalue weighted by Gasteiger charge is 2.27. The molecule has 3 rings (SSSR count). The monoisotopic (exact) mass is 459 g/mol. The van der Waals surface area contributed by atoms with Crippen molar-refractivity contribution in [3.05, 3.63) is 38.2 Å². The summed E-state index contributed by atoms with van der Waals surface area (Å²) in [6.07, 6.45) is 1.72. The van der Waals surface area contributed by atoms with Crippen LogP contribution < -0.4 is 17.0 Å². The van der Waals surface area contributed by atoms with Crippen LogP contribution in [-0.2, 0) is 6.54 Å². The highest BCUT2D eigenvalue weighted by Crippen LogP contribution is 2.22.